The first-order chi connectivity index (χ1) is 15.8. The molecular weight excluding hydrogens is 465 g/mol. The van der Waals surface area contributed by atoms with Crippen LogP contribution in [0.2, 0.25) is 0 Å². The molecule has 6 nitrogen and oxygen atoms in total. The van der Waals surface area contributed by atoms with Crippen molar-refractivity contribution >= 4 is 28.5 Å². The number of unbranched alkanes of at least 4 members (excludes halogenated alkanes) is 1. The van der Waals surface area contributed by atoms with Crippen LogP contribution >= 0.6 is 22.5 Å². The molecule has 3 rings (SSSR count). The second kappa shape index (κ2) is 11.4. The van der Waals surface area contributed by atoms with Crippen LogP contribution in [0.3, 0.4) is 0 Å². The van der Waals surface area contributed by atoms with Gasteiger partial charge in [0.2, 0.25) is 5.83 Å². The summed E-state index contributed by atoms with van der Waals surface area (Å²) >= 11 is 1.46. The minimum atomic E-state index is -3.38. The van der Waals surface area contributed by atoms with Gasteiger partial charge >= 0.3 is 5.97 Å². The molecule has 9 heteroatoms. The van der Waals surface area contributed by atoms with E-state index in [4.69, 9.17) is 9.84 Å². The number of nitrogens with one attached hydrogen (secondary N) is 1. The van der Waals surface area contributed by atoms with Crippen molar-refractivity contribution in [3.05, 3.63) is 65.7 Å². The predicted molar refractivity (Wildman–Crippen MR) is 131 cm³/mol. The highest BCUT2D eigenvalue weighted by atomic mass is 32.3. The zero-order chi connectivity index (χ0) is 24.0. The molecule has 0 saturated carbocycles. The Bertz CT molecular complexity index is 1000. The lowest BCUT2D eigenvalue weighted by atomic mass is 9.85. The van der Waals surface area contributed by atoms with Gasteiger partial charge in [-0.15, -0.1) is 22.5 Å². The van der Waals surface area contributed by atoms with Gasteiger partial charge in [-0.3, -0.25) is 9.11 Å². The van der Waals surface area contributed by atoms with E-state index in [1.54, 1.807) is 0 Å². The SMILES string of the molecule is CCCCC1CC(c2ccccc2)c2cc(SCC)c(O/C=C(\F)C(=O)O)cc2S(O)(O)N1. The molecule has 1 heterocycles. The first kappa shape index (κ1) is 25.6. The second-order valence-electron chi connectivity index (χ2n) is 7.86. The van der Waals surface area contributed by atoms with Gasteiger partial charge in [0.1, 0.15) is 12.0 Å². The second-order valence-corrected chi connectivity index (χ2v) is 10.9. The molecule has 2 aromatic carbocycles. The Labute approximate surface area is 199 Å². The van der Waals surface area contributed by atoms with Gasteiger partial charge in [-0.05, 0) is 35.8 Å². The minimum Gasteiger partial charge on any atom is -0.476 e. The van der Waals surface area contributed by atoms with Crippen molar-refractivity contribution in [2.24, 2.45) is 0 Å². The minimum absolute atomic E-state index is 0.0826. The monoisotopic (exact) mass is 495 g/mol. The van der Waals surface area contributed by atoms with E-state index in [1.807, 2.05) is 43.3 Å². The number of rotatable bonds is 9. The normalized spacial score (nSPS) is 21.1. The number of hydrogen-bond donors (Lipinski definition) is 4. The average molecular weight is 496 g/mol. The topological polar surface area (TPSA) is 99.0 Å². The van der Waals surface area contributed by atoms with Crippen LogP contribution in [0.5, 0.6) is 5.75 Å². The van der Waals surface area contributed by atoms with Crippen LogP contribution in [0.4, 0.5) is 4.39 Å². The van der Waals surface area contributed by atoms with E-state index in [-0.39, 0.29) is 22.6 Å². The third-order valence-corrected chi connectivity index (χ3v) is 8.06. The summed E-state index contributed by atoms with van der Waals surface area (Å²) in [6, 6.07) is 13.2. The number of ether oxygens (including phenoxy) is 1. The Kier molecular flexibility index (Phi) is 8.83. The Morgan fingerprint density at radius 2 is 2.00 bits per heavy atom. The van der Waals surface area contributed by atoms with Crippen LogP contribution in [0.25, 0.3) is 0 Å². The maximum absolute atomic E-state index is 13.6. The third-order valence-electron chi connectivity index (χ3n) is 5.51. The molecule has 0 radical (unpaired) electrons. The number of aliphatic carboxylic acids is 1. The molecule has 0 aliphatic carbocycles. The van der Waals surface area contributed by atoms with Gasteiger partial charge in [0, 0.05) is 18.0 Å². The lowest BCUT2D eigenvalue weighted by molar-refractivity contribution is -0.134. The quantitative estimate of drug-likeness (QED) is 0.173. The molecule has 180 valence electrons. The molecule has 0 aromatic heterocycles. The van der Waals surface area contributed by atoms with Gasteiger partial charge in [-0.25, -0.2) is 9.52 Å². The molecule has 0 spiro atoms. The Morgan fingerprint density at radius 1 is 1.27 bits per heavy atom. The van der Waals surface area contributed by atoms with Crippen LogP contribution < -0.4 is 9.46 Å². The van der Waals surface area contributed by atoms with Gasteiger partial charge in [-0.1, -0.05) is 57.0 Å². The fraction of sp³-hybridized carbons (Fsp3) is 0.375. The first-order valence-electron chi connectivity index (χ1n) is 10.9. The van der Waals surface area contributed by atoms with Crippen LogP contribution in [0.1, 0.15) is 56.6 Å². The number of hydrogen-bond acceptors (Lipinski definition) is 6. The summed E-state index contributed by atoms with van der Waals surface area (Å²) < 4.78 is 44.3. The van der Waals surface area contributed by atoms with Gasteiger partial charge in [0.15, 0.2) is 0 Å². The van der Waals surface area contributed by atoms with Gasteiger partial charge in [0.05, 0.1) is 9.79 Å². The number of carbonyl (C=O) groups is 1. The fourth-order valence-corrected chi connectivity index (χ4v) is 6.36. The summed E-state index contributed by atoms with van der Waals surface area (Å²) in [5, 5.41) is 8.79. The summed E-state index contributed by atoms with van der Waals surface area (Å²) in [7, 11) is -3.38. The lowest BCUT2D eigenvalue weighted by Gasteiger charge is -2.36. The highest BCUT2D eigenvalue weighted by Gasteiger charge is 2.34. The van der Waals surface area contributed by atoms with Gasteiger partial charge in [-0.2, -0.15) is 4.39 Å². The van der Waals surface area contributed by atoms with Crippen LogP contribution in [-0.2, 0) is 4.79 Å². The molecule has 0 saturated heterocycles. The molecule has 0 amide bonds. The zero-order valence-electron chi connectivity index (χ0n) is 18.7. The molecule has 4 N–H and O–H groups in total. The number of fused-ring (bicyclic) bond motifs is 1. The van der Waals surface area contributed by atoms with Crippen LogP contribution in [0.15, 0.2) is 64.3 Å². The highest BCUT2D eigenvalue weighted by molar-refractivity contribution is 8.22. The summed E-state index contributed by atoms with van der Waals surface area (Å²) in [5.41, 5.74) is 1.84. The van der Waals surface area contributed by atoms with E-state index in [9.17, 15) is 18.3 Å². The van der Waals surface area contributed by atoms with E-state index in [2.05, 4.69) is 11.6 Å². The predicted octanol–water partition coefficient (Wildman–Crippen LogP) is 6.78. The van der Waals surface area contributed by atoms with Crippen molar-refractivity contribution in [3.63, 3.8) is 0 Å². The molecule has 1 aliphatic heterocycles. The summed E-state index contributed by atoms with van der Waals surface area (Å²) in [6.45, 7) is 4.05. The smallest absolute Gasteiger partial charge is 0.368 e. The molecule has 33 heavy (non-hydrogen) atoms. The van der Waals surface area contributed by atoms with E-state index in [0.29, 0.717) is 23.3 Å². The Balaban J connectivity index is 2.15. The van der Waals surface area contributed by atoms with Crippen molar-refractivity contribution in [3.8, 4) is 5.75 Å². The van der Waals surface area contributed by atoms with Crippen molar-refractivity contribution in [2.45, 2.75) is 61.3 Å². The fourth-order valence-electron chi connectivity index (χ4n) is 3.99. The maximum Gasteiger partial charge on any atom is 0.368 e. The van der Waals surface area contributed by atoms with Gasteiger partial charge < -0.3 is 9.84 Å². The number of thioether (sulfide) groups is 1. The number of halogens is 1. The zero-order valence-corrected chi connectivity index (χ0v) is 20.3. The Hall–Kier alpha value is -2.04. The van der Waals surface area contributed by atoms with Crippen molar-refractivity contribution < 1.29 is 28.1 Å². The van der Waals surface area contributed by atoms with Crippen molar-refractivity contribution in [2.75, 3.05) is 5.75 Å². The van der Waals surface area contributed by atoms with Gasteiger partial charge in [0.25, 0.3) is 0 Å². The molecule has 0 bridgehead atoms. The molecular formula is C24H30FNO5S2. The number of carboxylic acid groups (broad SMARTS) is 1. The molecule has 2 unspecified atom stereocenters. The lowest BCUT2D eigenvalue weighted by Crippen LogP contribution is -2.31. The summed E-state index contributed by atoms with van der Waals surface area (Å²) in [4.78, 5) is 11.8. The van der Waals surface area contributed by atoms with E-state index in [0.717, 1.165) is 30.4 Å². The average Bonchev–Trinajstić information content (AvgIpc) is 2.90. The standard InChI is InChI=1S/C24H30FNO5S2/c1-3-5-11-17-12-18(16-9-7-6-8-10-16)19-13-22(32-4-2)21(31-15-20(25)24(27)28)14-23(19)33(29,30)26-17/h6-10,13-15,17-18,26,29-30H,3-5,11-12H2,1-2H3,(H,27,28)/b20-15-. The molecule has 1 aliphatic rings. The van der Waals surface area contributed by atoms with E-state index >= 15 is 0 Å². The van der Waals surface area contributed by atoms with Crippen molar-refractivity contribution in [1.29, 1.82) is 0 Å². The Morgan fingerprint density at radius 3 is 2.64 bits per heavy atom. The summed E-state index contributed by atoms with van der Waals surface area (Å²) in [5.74, 6) is -2.38. The third kappa shape index (κ3) is 6.30. The molecule has 2 aromatic rings. The van der Waals surface area contributed by atoms with Crippen LogP contribution in [0, 0.1) is 0 Å². The van der Waals surface area contributed by atoms with E-state index < -0.39 is 22.6 Å². The summed E-state index contributed by atoms with van der Waals surface area (Å²) in [6.07, 6.45) is 3.97. The number of carboxylic acids is 1. The van der Waals surface area contributed by atoms with Crippen LogP contribution in [-0.4, -0.2) is 32.0 Å². The van der Waals surface area contributed by atoms with E-state index in [1.165, 1.54) is 17.8 Å². The molecule has 2 atom stereocenters. The highest BCUT2D eigenvalue weighted by Crippen LogP contribution is 2.55. The molecule has 0 fully saturated rings. The first-order valence-corrected chi connectivity index (χ1v) is 13.5. The number of benzene rings is 2. The maximum atomic E-state index is 13.6. The van der Waals surface area contributed by atoms with Crippen molar-refractivity contribution in [1.82, 2.24) is 4.72 Å². The largest absolute Gasteiger partial charge is 0.476 e.